The van der Waals surface area contributed by atoms with E-state index in [1.165, 1.54) is 0 Å². The first-order valence-corrected chi connectivity index (χ1v) is 12.1. The highest BCUT2D eigenvalue weighted by Crippen LogP contribution is 2.29. The smallest absolute Gasteiger partial charge is 0.236 e. The number of nitrogens with one attached hydrogen (secondary N) is 1. The maximum atomic E-state index is 12.0. The molecule has 1 aliphatic rings. The van der Waals surface area contributed by atoms with E-state index in [4.69, 9.17) is 0 Å². The fourth-order valence-electron chi connectivity index (χ4n) is 2.85. The molecule has 0 bridgehead atoms. The molecule has 0 unspecified atom stereocenters. The fourth-order valence-corrected chi connectivity index (χ4v) is 4.18. The predicted octanol–water partition coefficient (Wildman–Crippen LogP) is 5.01. The van der Waals surface area contributed by atoms with Crippen molar-refractivity contribution in [3.05, 3.63) is 67.9 Å². The number of rotatable bonds is 7. The summed E-state index contributed by atoms with van der Waals surface area (Å²) >= 11 is 0. The monoisotopic (exact) mass is 441 g/mol. The minimum absolute atomic E-state index is 0.268. The van der Waals surface area contributed by atoms with Crippen molar-refractivity contribution in [1.29, 1.82) is 0 Å². The van der Waals surface area contributed by atoms with E-state index in [0.717, 1.165) is 48.2 Å². The lowest BCUT2D eigenvalue weighted by atomic mass is 10.2. The molecule has 1 fully saturated rings. The van der Waals surface area contributed by atoms with E-state index >= 15 is 0 Å². The van der Waals surface area contributed by atoms with Crippen LogP contribution in [-0.4, -0.2) is 33.4 Å². The van der Waals surface area contributed by atoms with Gasteiger partial charge < -0.3 is 0 Å². The van der Waals surface area contributed by atoms with Crippen molar-refractivity contribution in [2.24, 2.45) is 0 Å². The Kier molecular flexibility index (Phi) is 8.93. The molecule has 0 aromatic carbocycles. The number of anilines is 1. The molecule has 1 N–H and O–H groups in total. The summed E-state index contributed by atoms with van der Waals surface area (Å²) in [5, 5.41) is 4.16. The molecule has 0 spiro atoms. The van der Waals surface area contributed by atoms with Gasteiger partial charge in [-0.05, 0) is 43.5 Å². The van der Waals surface area contributed by atoms with E-state index in [-0.39, 0.29) is 5.25 Å². The van der Waals surface area contributed by atoms with E-state index in [0.29, 0.717) is 5.82 Å². The van der Waals surface area contributed by atoms with Gasteiger partial charge in [-0.1, -0.05) is 27.2 Å². The van der Waals surface area contributed by atoms with Crippen LogP contribution in [0.5, 0.6) is 0 Å². The molecule has 0 amide bonds. The third-order valence-corrected chi connectivity index (χ3v) is 6.30. The molecular weight excluding hydrogens is 410 g/mol. The Morgan fingerprint density at radius 2 is 1.84 bits per heavy atom. The van der Waals surface area contributed by atoms with Gasteiger partial charge in [0.2, 0.25) is 10.0 Å². The van der Waals surface area contributed by atoms with Gasteiger partial charge in [0.25, 0.3) is 0 Å². The number of aryl methyl sites for hydroxylation is 1. The molecule has 0 radical (unpaired) electrons. The van der Waals surface area contributed by atoms with Gasteiger partial charge in [0, 0.05) is 35.4 Å². The van der Waals surface area contributed by atoms with Crippen LogP contribution in [0, 0.1) is 0 Å². The van der Waals surface area contributed by atoms with Crippen LogP contribution in [0.2, 0.25) is 0 Å². The van der Waals surface area contributed by atoms with E-state index in [1.807, 2.05) is 38.2 Å². The van der Waals surface area contributed by atoms with Crippen molar-refractivity contribution in [2.75, 3.05) is 4.72 Å². The summed E-state index contributed by atoms with van der Waals surface area (Å²) in [6.07, 6.45) is 10.6. The van der Waals surface area contributed by atoms with Crippen molar-refractivity contribution < 1.29 is 8.42 Å². The SMILES string of the molecule is C=C.CC.CCCc1cc(-n2cc(-c3ccc(NS(=O)(=O)C4CC4)nc3)cn2)ccn1. The minimum atomic E-state index is -3.29. The Balaban J connectivity index is 0.000000807. The number of hydrogen-bond donors (Lipinski definition) is 1. The van der Waals surface area contributed by atoms with Crippen molar-refractivity contribution >= 4 is 15.8 Å². The first-order valence-electron chi connectivity index (χ1n) is 10.5. The zero-order chi connectivity index (χ0) is 22.9. The van der Waals surface area contributed by atoms with E-state index in [9.17, 15) is 8.42 Å². The van der Waals surface area contributed by atoms with Gasteiger partial charge in [-0.15, -0.1) is 13.2 Å². The van der Waals surface area contributed by atoms with Gasteiger partial charge in [-0.3, -0.25) is 9.71 Å². The van der Waals surface area contributed by atoms with Crippen LogP contribution < -0.4 is 4.72 Å². The molecule has 166 valence electrons. The fraction of sp³-hybridized carbons (Fsp3) is 0.348. The Morgan fingerprint density at radius 3 is 2.45 bits per heavy atom. The molecule has 0 saturated heterocycles. The Hall–Kier alpha value is -3.00. The second-order valence-electron chi connectivity index (χ2n) is 6.71. The summed E-state index contributed by atoms with van der Waals surface area (Å²) in [4.78, 5) is 8.60. The number of sulfonamides is 1. The molecule has 8 heteroatoms. The molecule has 4 rings (SSSR count). The number of hydrogen-bond acceptors (Lipinski definition) is 5. The quantitative estimate of drug-likeness (QED) is 0.520. The van der Waals surface area contributed by atoms with Crippen LogP contribution in [-0.2, 0) is 16.4 Å². The predicted molar refractivity (Wildman–Crippen MR) is 127 cm³/mol. The summed E-state index contributed by atoms with van der Waals surface area (Å²) in [6.45, 7) is 12.1. The Morgan fingerprint density at radius 1 is 1.10 bits per heavy atom. The van der Waals surface area contributed by atoms with Crippen molar-refractivity contribution in [1.82, 2.24) is 19.7 Å². The third kappa shape index (κ3) is 6.49. The summed E-state index contributed by atoms with van der Waals surface area (Å²) in [5.41, 5.74) is 3.79. The van der Waals surface area contributed by atoms with E-state index < -0.39 is 10.0 Å². The van der Waals surface area contributed by atoms with Gasteiger partial charge in [-0.25, -0.2) is 18.1 Å². The van der Waals surface area contributed by atoms with Crippen LogP contribution in [0.15, 0.2) is 62.2 Å². The zero-order valence-corrected chi connectivity index (χ0v) is 19.3. The highest BCUT2D eigenvalue weighted by molar-refractivity contribution is 7.93. The summed E-state index contributed by atoms with van der Waals surface area (Å²) in [5.74, 6) is 0.344. The topological polar surface area (TPSA) is 89.8 Å². The molecule has 0 atom stereocenters. The Bertz CT molecular complexity index is 1060. The lowest BCUT2D eigenvalue weighted by Crippen LogP contribution is -2.17. The second kappa shape index (κ2) is 11.4. The van der Waals surface area contributed by atoms with Gasteiger partial charge in [0.15, 0.2) is 0 Å². The van der Waals surface area contributed by atoms with Gasteiger partial charge in [0.1, 0.15) is 5.82 Å². The number of pyridine rings is 2. The summed E-state index contributed by atoms with van der Waals surface area (Å²) in [6, 6.07) is 7.48. The van der Waals surface area contributed by atoms with Crippen molar-refractivity contribution in [2.45, 2.75) is 51.7 Å². The van der Waals surface area contributed by atoms with Crippen LogP contribution >= 0.6 is 0 Å². The third-order valence-electron chi connectivity index (χ3n) is 4.46. The normalized spacial score (nSPS) is 12.7. The van der Waals surface area contributed by atoms with Crippen LogP contribution in [0.4, 0.5) is 5.82 Å². The molecule has 1 saturated carbocycles. The average Bonchev–Trinajstić information content (AvgIpc) is 3.56. The molecule has 0 aliphatic heterocycles. The van der Waals surface area contributed by atoms with Gasteiger partial charge >= 0.3 is 0 Å². The van der Waals surface area contributed by atoms with Gasteiger partial charge in [-0.2, -0.15) is 5.10 Å². The van der Waals surface area contributed by atoms with Gasteiger partial charge in [0.05, 0.1) is 17.1 Å². The summed E-state index contributed by atoms with van der Waals surface area (Å²) in [7, 11) is -3.29. The Labute approximate surface area is 185 Å². The first kappa shape index (κ1) is 24.3. The lowest BCUT2D eigenvalue weighted by molar-refractivity contribution is 0.600. The minimum Gasteiger partial charge on any atom is -0.267 e. The van der Waals surface area contributed by atoms with Crippen LogP contribution in [0.1, 0.15) is 45.7 Å². The molecule has 3 aromatic heterocycles. The lowest BCUT2D eigenvalue weighted by Gasteiger charge is -2.06. The number of aromatic nitrogens is 4. The molecule has 3 heterocycles. The highest BCUT2D eigenvalue weighted by Gasteiger charge is 2.35. The average molecular weight is 442 g/mol. The van der Waals surface area contributed by atoms with Crippen LogP contribution in [0.25, 0.3) is 16.8 Å². The largest absolute Gasteiger partial charge is 0.267 e. The maximum absolute atomic E-state index is 12.0. The molecule has 7 nitrogen and oxygen atoms in total. The maximum Gasteiger partial charge on any atom is 0.236 e. The molecule has 31 heavy (non-hydrogen) atoms. The van der Waals surface area contributed by atoms with E-state index in [2.05, 4.69) is 39.9 Å². The zero-order valence-electron chi connectivity index (χ0n) is 18.5. The molecule has 3 aromatic rings. The number of nitrogens with zero attached hydrogens (tertiary/aromatic N) is 4. The first-order chi connectivity index (χ1) is 15.0. The summed E-state index contributed by atoms with van der Waals surface area (Å²) < 4.78 is 28.3. The van der Waals surface area contributed by atoms with Crippen molar-refractivity contribution in [3.8, 4) is 16.8 Å². The van der Waals surface area contributed by atoms with E-state index in [1.54, 1.807) is 29.3 Å². The molecular formula is C23H31N5O2S. The highest BCUT2D eigenvalue weighted by atomic mass is 32.2. The molecule has 1 aliphatic carbocycles. The standard InChI is InChI=1S/C19H21N5O2S.C2H6.C2H4/c1-2-3-16-10-17(8-9-20-16)24-13-15(12-22-24)14-4-7-19(21-11-14)23-27(25,26)18-5-6-18;2*1-2/h4,7-13,18H,2-3,5-6H2,1H3,(H,21,23);1-2H3;1-2H2. The second-order valence-corrected chi connectivity index (χ2v) is 8.67. The van der Waals surface area contributed by atoms with Crippen molar-refractivity contribution in [3.63, 3.8) is 0 Å². The van der Waals surface area contributed by atoms with Crippen LogP contribution in [0.3, 0.4) is 0 Å².